The highest BCUT2D eigenvalue weighted by molar-refractivity contribution is 7.22. The minimum absolute atomic E-state index is 0.0379. The summed E-state index contributed by atoms with van der Waals surface area (Å²) in [5.74, 6) is 0.0595. The molecule has 0 atom stereocenters. The van der Waals surface area contributed by atoms with Gasteiger partial charge in [-0.1, -0.05) is 35.1 Å². The molecule has 0 saturated carbocycles. The maximum Gasteiger partial charge on any atom is 0.420 e. The highest BCUT2D eigenvalue weighted by Crippen LogP contribution is 2.38. The van der Waals surface area contributed by atoms with Gasteiger partial charge in [-0.3, -0.25) is 9.36 Å². The first-order chi connectivity index (χ1) is 15.0. The number of halogens is 1. The Morgan fingerprint density at radius 3 is 2.74 bits per heavy atom. The number of oxazole rings is 1. The number of carbonyl (C=O) groups excluding carboxylic acids is 1. The van der Waals surface area contributed by atoms with Crippen LogP contribution in [0.3, 0.4) is 0 Å². The normalized spacial score (nSPS) is 14.5. The highest BCUT2D eigenvalue weighted by atomic mass is 35.5. The summed E-state index contributed by atoms with van der Waals surface area (Å²) in [5.41, 5.74) is 1.86. The standard InChI is InChI=1S/C21H19ClN4O4S/c1-29-16-7-6-13(22)19-18(16)23-20(31-19)25-10-8-24(9-11-25)17(27)12-26-14-4-2-3-5-15(14)30-21(26)28/h2-7H,8-12H2,1H3. The van der Waals surface area contributed by atoms with Gasteiger partial charge in [0.05, 0.1) is 22.3 Å². The predicted molar refractivity (Wildman–Crippen MR) is 120 cm³/mol. The summed E-state index contributed by atoms with van der Waals surface area (Å²) in [6.07, 6.45) is 0. The lowest BCUT2D eigenvalue weighted by Crippen LogP contribution is -2.50. The molecular weight excluding hydrogens is 440 g/mol. The number of para-hydroxylation sites is 2. The number of hydrogen-bond donors (Lipinski definition) is 0. The molecule has 1 aliphatic rings. The van der Waals surface area contributed by atoms with E-state index in [1.54, 1.807) is 30.2 Å². The zero-order chi connectivity index (χ0) is 21.5. The van der Waals surface area contributed by atoms with Crippen molar-refractivity contribution in [1.29, 1.82) is 0 Å². The maximum absolute atomic E-state index is 12.8. The van der Waals surface area contributed by atoms with Crippen molar-refractivity contribution >= 4 is 55.3 Å². The summed E-state index contributed by atoms with van der Waals surface area (Å²) < 4.78 is 12.9. The van der Waals surface area contributed by atoms with Gasteiger partial charge in [-0.25, -0.2) is 9.78 Å². The largest absolute Gasteiger partial charge is 0.494 e. The minimum Gasteiger partial charge on any atom is -0.494 e. The number of hydrogen-bond acceptors (Lipinski definition) is 7. The molecular formula is C21H19ClN4O4S. The number of anilines is 1. The topological polar surface area (TPSA) is 80.8 Å². The Labute approximate surface area is 186 Å². The summed E-state index contributed by atoms with van der Waals surface area (Å²) in [7, 11) is 1.61. The average molecular weight is 459 g/mol. The van der Waals surface area contributed by atoms with E-state index in [4.69, 9.17) is 25.7 Å². The number of ether oxygens (including phenoxy) is 1. The summed E-state index contributed by atoms with van der Waals surface area (Å²) in [4.78, 5) is 33.6. The number of nitrogens with zero attached hydrogens (tertiary/aromatic N) is 4. The molecule has 0 radical (unpaired) electrons. The fourth-order valence-electron chi connectivity index (χ4n) is 3.79. The summed E-state index contributed by atoms with van der Waals surface area (Å²) in [6.45, 7) is 2.34. The van der Waals surface area contributed by atoms with Crippen molar-refractivity contribution in [1.82, 2.24) is 14.5 Å². The van der Waals surface area contributed by atoms with Crippen LogP contribution in [0.4, 0.5) is 5.13 Å². The van der Waals surface area contributed by atoms with Crippen LogP contribution in [-0.4, -0.2) is 53.6 Å². The number of benzene rings is 2. The number of carbonyl (C=O) groups is 1. The van der Waals surface area contributed by atoms with Gasteiger partial charge in [0.15, 0.2) is 10.7 Å². The molecule has 160 valence electrons. The lowest BCUT2D eigenvalue weighted by Gasteiger charge is -2.34. The first-order valence-corrected chi connectivity index (χ1v) is 11.0. The molecule has 0 bridgehead atoms. The number of methoxy groups -OCH3 is 1. The van der Waals surface area contributed by atoms with Gasteiger partial charge in [-0.2, -0.15) is 0 Å². The summed E-state index contributed by atoms with van der Waals surface area (Å²) in [5, 5.41) is 1.50. The van der Waals surface area contributed by atoms with Crippen molar-refractivity contribution in [2.24, 2.45) is 0 Å². The second-order valence-corrected chi connectivity index (χ2v) is 8.60. The van der Waals surface area contributed by atoms with Crippen LogP contribution in [0, 0.1) is 0 Å². The van der Waals surface area contributed by atoms with E-state index in [0.29, 0.717) is 48.1 Å². The fourth-order valence-corrected chi connectivity index (χ4v) is 5.10. The molecule has 31 heavy (non-hydrogen) atoms. The number of aromatic nitrogens is 2. The van der Waals surface area contributed by atoms with Crippen LogP contribution in [0.2, 0.25) is 5.02 Å². The van der Waals surface area contributed by atoms with Gasteiger partial charge in [0.2, 0.25) is 5.91 Å². The third-order valence-corrected chi connectivity index (χ3v) is 7.01. The Morgan fingerprint density at radius 2 is 1.97 bits per heavy atom. The Hall–Kier alpha value is -3.04. The zero-order valence-corrected chi connectivity index (χ0v) is 18.3. The number of piperazine rings is 1. The molecule has 5 rings (SSSR count). The first-order valence-electron chi connectivity index (χ1n) is 9.79. The van der Waals surface area contributed by atoms with E-state index in [1.165, 1.54) is 15.9 Å². The van der Waals surface area contributed by atoms with Crippen LogP contribution in [0.1, 0.15) is 0 Å². The Bertz CT molecular complexity index is 1340. The van der Waals surface area contributed by atoms with Crippen LogP contribution >= 0.6 is 22.9 Å². The molecule has 1 aliphatic heterocycles. The van der Waals surface area contributed by atoms with Gasteiger partial charge < -0.3 is 19.0 Å². The maximum atomic E-state index is 12.8. The molecule has 2 aromatic carbocycles. The van der Waals surface area contributed by atoms with Gasteiger partial charge in [-0.15, -0.1) is 0 Å². The Morgan fingerprint density at radius 1 is 1.19 bits per heavy atom. The molecule has 4 aromatic rings. The molecule has 0 unspecified atom stereocenters. The zero-order valence-electron chi connectivity index (χ0n) is 16.7. The number of thiazole rings is 1. The average Bonchev–Trinajstić information content (AvgIpc) is 3.37. The van der Waals surface area contributed by atoms with Crippen molar-refractivity contribution in [2.45, 2.75) is 6.54 Å². The van der Waals surface area contributed by atoms with Crippen LogP contribution in [0.25, 0.3) is 21.3 Å². The van der Waals surface area contributed by atoms with Crippen molar-refractivity contribution in [2.75, 3.05) is 38.2 Å². The molecule has 1 fully saturated rings. The summed E-state index contributed by atoms with van der Waals surface area (Å²) in [6, 6.07) is 10.7. The van der Waals surface area contributed by atoms with E-state index in [-0.39, 0.29) is 12.5 Å². The monoisotopic (exact) mass is 458 g/mol. The Kier molecular flexibility index (Phi) is 5.07. The second-order valence-electron chi connectivity index (χ2n) is 7.21. The molecule has 0 aliphatic carbocycles. The van der Waals surface area contributed by atoms with Gasteiger partial charge in [-0.05, 0) is 24.3 Å². The third-order valence-electron chi connectivity index (χ3n) is 5.44. The molecule has 1 saturated heterocycles. The minimum atomic E-state index is -0.520. The van der Waals surface area contributed by atoms with Gasteiger partial charge in [0.1, 0.15) is 17.8 Å². The van der Waals surface area contributed by atoms with Crippen LogP contribution in [0.5, 0.6) is 5.75 Å². The summed E-state index contributed by atoms with van der Waals surface area (Å²) >= 11 is 7.85. The van der Waals surface area contributed by atoms with Crippen molar-refractivity contribution in [3.8, 4) is 5.75 Å². The van der Waals surface area contributed by atoms with Crippen molar-refractivity contribution < 1.29 is 13.9 Å². The molecule has 2 aromatic heterocycles. The Balaban J connectivity index is 1.30. The SMILES string of the molecule is COc1ccc(Cl)c2sc(N3CCN(C(=O)Cn4c(=O)oc5ccccc54)CC3)nc12. The van der Waals surface area contributed by atoms with Gasteiger partial charge in [0.25, 0.3) is 0 Å². The fraction of sp³-hybridized carbons (Fsp3) is 0.286. The van der Waals surface area contributed by atoms with Crippen molar-refractivity contribution in [3.05, 3.63) is 52.0 Å². The first kappa shape index (κ1) is 19.9. The van der Waals surface area contributed by atoms with E-state index in [1.807, 2.05) is 18.2 Å². The lowest BCUT2D eigenvalue weighted by molar-refractivity contribution is -0.132. The van der Waals surface area contributed by atoms with E-state index >= 15 is 0 Å². The molecule has 0 spiro atoms. The highest BCUT2D eigenvalue weighted by Gasteiger charge is 2.25. The van der Waals surface area contributed by atoms with E-state index < -0.39 is 5.76 Å². The van der Waals surface area contributed by atoms with Crippen LogP contribution in [-0.2, 0) is 11.3 Å². The smallest absolute Gasteiger partial charge is 0.420 e. The second kappa shape index (κ2) is 7.90. The quantitative estimate of drug-likeness (QED) is 0.467. The molecule has 3 heterocycles. The van der Waals surface area contributed by atoms with Crippen molar-refractivity contribution in [3.63, 3.8) is 0 Å². The van der Waals surface area contributed by atoms with E-state index in [9.17, 15) is 9.59 Å². The molecule has 10 heteroatoms. The molecule has 0 N–H and O–H groups in total. The van der Waals surface area contributed by atoms with Crippen LogP contribution in [0.15, 0.2) is 45.6 Å². The number of amides is 1. The van der Waals surface area contributed by atoms with Gasteiger partial charge in [0, 0.05) is 26.2 Å². The number of fused-ring (bicyclic) bond motifs is 2. The van der Waals surface area contributed by atoms with E-state index in [0.717, 1.165) is 15.3 Å². The predicted octanol–water partition coefficient (Wildman–Crippen LogP) is 3.22. The lowest BCUT2D eigenvalue weighted by atomic mass is 10.3. The van der Waals surface area contributed by atoms with E-state index in [2.05, 4.69) is 4.90 Å². The molecule has 1 amide bonds. The number of rotatable bonds is 4. The van der Waals surface area contributed by atoms with Gasteiger partial charge >= 0.3 is 5.76 Å². The third kappa shape index (κ3) is 3.53. The van der Waals surface area contributed by atoms with Crippen LogP contribution < -0.4 is 15.4 Å². The molecule has 8 nitrogen and oxygen atoms in total.